The van der Waals surface area contributed by atoms with Crippen LogP contribution in [-0.4, -0.2) is 52.9 Å². The molecule has 0 spiro atoms. The molecule has 26 heavy (non-hydrogen) atoms. The number of hydrogen-bond acceptors (Lipinski definition) is 4. The van der Waals surface area contributed by atoms with E-state index in [0.717, 1.165) is 10.9 Å². The highest BCUT2D eigenvalue weighted by molar-refractivity contribution is 9.10. The van der Waals surface area contributed by atoms with E-state index >= 15 is 0 Å². The molecular weight excluding hydrogens is 398 g/mol. The summed E-state index contributed by atoms with van der Waals surface area (Å²) < 4.78 is 6.09. The molecule has 6 nitrogen and oxygen atoms in total. The predicted octanol–water partition coefficient (Wildman–Crippen LogP) is 2.83. The molecule has 0 bridgehead atoms. The van der Waals surface area contributed by atoms with Crippen LogP contribution in [0.15, 0.2) is 39.3 Å². The molecule has 1 saturated carbocycles. The number of halogens is 1. The van der Waals surface area contributed by atoms with Gasteiger partial charge in [-0.05, 0) is 37.0 Å². The first-order chi connectivity index (χ1) is 12.5. The summed E-state index contributed by atoms with van der Waals surface area (Å²) in [6.07, 6.45) is 0.909. The lowest BCUT2D eigenvalue weighted by Gasteiger charge is -2.34. The van der Waals surface area contributed by atoms with Gasteiger partial charge in [0.05, 0.1) is 5.69 Å². The van der Waals surface area contributed by atoms with Crippen molar-refractivity contribution >= 4 is 27.7 Å². The maximum Gasteiger partial charge on any atom is 0.292 e. The zero-order valence-corrected chi connectivity index (χ0v) is 16.1. The molecule has 1 saturated heterocycles. The van der Waals surface area contributed by atoms with Crippen LogP contribution in [0.5, 0.6) is 0 Å². The fraction of sp³-hybridized carbons (Fsp3) is 0.421. The topological polar surface area (TPSA) is 66.7 Å². The minimum absolute atomic E-state index is 0.0727. The normalized spacial score (nSPS) is 22.4. The van der Waals surface area contributed by atoms with Crippen LogP contribution in [-0.2, 0) is 4.79 Å². The molecule has 2 atom stereocenters. The van der Waals surface area contributed by atoms with Gasteiger partial charge in [0.15, 0.2) is 0 Å². The van der Waals surface area contributed by atoms with E-state index in [2.05, 4.69) is 33.2 Å². The number of carbonyl (C=O) groups is 2. The van der Waals surface area contributed by atoms with E-state index in [9.17, 15) is 9.59 Å². The second-order valence-electron chi connectivity index (χ2n) is 6.95. The highest BCUT2D eigenvalue weighted by atomic mass is 79.9. The van der Waals surface area contributed by atoms with Gasteiger partial charge in [0.2, 0.25) is 11.7 Å². The highest BCUT2D eigenvalue weighted by Gasteiger charge is 2.46. The summed E-state index contributed by atoms with van der Waals surface area (Å²) in [5.41, 5.74) is 1.90. The SMILES string of the molecule is Cc1cc(C(=O)N2CCN(C(=O)C3CC3c3cccc(Br)c3)CC2)on1. The van der Waals surface area contributed by atoms with Crippen LogP contribution in [0, 0.1) is 12.8 Å². The van der Waals surface area contributed by atoms with E-state index in [1.807, 2.05) is 17.0 Å². The van der Waals surface area contributed by atoms with Gasteiger partial charge >= 0.3 is 0 Å². The van der Waals surface area contributed by atoms with Gasteiger partial charge in [0.25, 0.3) is 5.91 Å². The molecule has 136 valence electrons. The fourth-order valence-corrected chi connectivity index (χ4v) is 3.98. The van der Waals surface area contributed by atoms with E-state index in [4.69, 9.17) is 4.52 Å². The monoisotopic (exact) mass is 417 g/mol. The number of piperazine rings is 1. The van der Waals surface area contributed by atoms with Crippen molar-refractivity contribution in [3.8, 4) is 0 Å². The molecule has 7 heteroatoms. The number of aryl methyl sites for hydroxylation is 1. The van der Waals surface area contributed by atoms with Crippen molar-refractivity contribution in [1.82, 2.24) is 15.0 Å². The first kappa shape index (κ1) is 17.3. The summed E-state index contributed by atoms with van der Waals surface area (Å²) in [6.45, 7) is 3.98. The molecular formula is C19H20BrN3O3. The minimum atomic E-state index is -0.156. The summed E-state index contributed by atoms with van der Waals surface area (Å²) in [7, 11) is 0. The van der Waals surface area contributed by atoms with Crippen molar-refractivity contribution in [1.29, 1.82) is 0 Å². The molecule has 1 aromatic carbocycles. The van der Waals surface area contributed by atoms with E-state index in [0.29, 0.717) is 37.8 Å². The van der Waals surface area contributed by atoms with Gasteiger partial charge in [-0.25, -0.2) is 0 Å². The van der Waals surface area contributed by atoms with Crippen LogP contribution in [0.3, 0.4) is 0 Å². The Morgan fingerprint density at radius 3 is 2.54 bits per heavy atom. The van der Waals surface area contributed by atoms with E-state index in [-0.39, 0.29) is 23.5 Å². The van der Waals surface area contributed by atoms with Crippen molar-refractivity contribution < 1.29 is 14.1 Å². The Balaban J connectivity index is 1.32. The Morgan fingerprint density at radius 1 is 1.15 bits per heavy atom. The zero-order chi connectivity index (χ0) is 18.3. The van der Waals surface area contributed by atoms with E-state index in [1.54, 1.807) is 17.9 Å². The summed E-state index contributed by atoms with van der Waals surface area (Å²) in [5, 5.41) is 3.76. The average molecular weight is 418 g/mol. The van der Waals surface area contributed by atoms with Crippen molar-refractivity contribution in [3.05, 3.63) is 51.8 Å². The Bertz CT molecular complexity index is 842. The lowest BCUT2D eigenvalue weighted by atomic mass is 10.1. The molecule has 2 fully saturated rings. The molecule has 1 aliphatic carbocycles. The van der Waals surface area contributed by atoms with Gasteiger partial charge in [-0.3, -0.25) is 9.59 Å². The Morgan fingerprint density at radius 2 is 1.88 bits per heavy atom. The maximum atomic E-state index is 12.8. The number of aromatic nitrogens is 1. The number of benzene rings is 1. The molecule has 2 amide bonds. The van der Waals surface area contributed by atoms with Crippen molar-refractivity contribution in [2.75, 3.05) is 26.2 Å². The lowest BCUT2D eigenvalue weighted by molar-refractivity contribution is -0.134. The summed E-state index contributed by atoms with van der Waals surface area (Å²) >= 11 is 3.49. The summed E-state index contributed by atoms with van der Waals surface area (Å²) in [5.74, 6) is 0.702. The predicted molar refractivity (Wildman–Crippen MR) is 98.7 cm³/mol. The quantitative estimate of drug-likeness (QED) is 0.769. The summed E-state index contributed by atoms with van der Waals surface area (Å²) in [6, 6.07) is 9.82. The molecule has 1 aliphatic heterocycles. The van der Waals surface area contributed by atoms with Crippen LogP contribution in [0.1, 0.15) is 34.2 Å². The van der Waals surface area contributed by atoms with Gasteiger partial charge in [-0.2, -0.15) is 0 Å². The third kappa shape index (κ3) is 3.40. The number of amides is 2. The van der Waals surface area contributed by atoms with Crippen LogP contribution in [0.2, 0.25) is 0 Å². The smallest absolute Gasteiger partial charge is 0.292 e. The number of carbonyl (C=O) groups excluding carboxylic acids is 2. The largest absolute Gasteiger partial charge is 0.351 e. The van der Waals surface area contributed by atoms with Crippen molar-refractivity contribution in [2.24, 2.45) is 5.92 Å². The van der Waals surface area contributed by atoms with Crippen molar-refractivity contribution in [3.63, 3.8) is 0 Å². The van der Waals surface area contributed by atoms with Crippen LogP contribution in [0.4, 0.5) is 0 Å². The van der Waals surface area contributed by atoms with E-state index in [1.165, 1.54) is 5.56 Å². The first-order valence-corrected chi connectivity index (χ1v) is 9.59. The zero-order valence-electron chi connectivity index (χ0n) is 14.5. The molecule has 2 aromatic rings. The molecule has 2 aliphatic rings. The second kappa shape index (κ2) is 6.87. The third-order valence-corrected chi connectivity index (χ3v) is 5.60. The van der Waals surface area contributed by atoms with Gasteiger partial charge in [-0.1, -0.05) is 33.2 Å². The number of nitrogens with zero attached hydrogens (tertiary/aromatic N) is 3. The number of hydrogen-bond donors (Lipinski definition) is 0. The van der Waals surface area contributed by atoms with Gasteiger partial charge in [-0.15, -0.1) is 0 Å². The standard InChI is InChI=1S/C19H20BrN3O3/c1-12-9-17(26-21-12)19(25)23-7-5-22(6-8-23)18(24)16-11-15(16)13-3-2-4-14(20)10-13/h2-4,9-10,15-16H,5-8,11H2,1H3. The van der Waals surface area contributed by atoms with Crippen molar-refractivity contribution in [2.45, 2.75) is 19.3 Å². The van der Waals surface area contributed by atoms with Crippen LogP contribution < -0.4 is 0 Å². The second-order valence-corrected chi connectivity index (χ2v) is 7.87. The Kier molecular flexibility index (Phi) is 4.56. The number of rotatable bonds is 3. The van der Waals surface area contributed by atoms with Gasteiger partial charge < -0.3 is 14.3 Å². The first-order valence-electron chi connectivity index (χ1n) is 8.80. The molecule has 0 N–H and O–H groups in total. The molecule has 1 aromatic heterocycles. The Labute approximate surface area is 160 Å². The average Bonchev–Trinajstić information content (AvgIpc) is 3.34. The summed E-state index contributed by atoms with van der Waals surface area (Å²) in [4.78, 5) is 28.8. The minimum Gasteiger partial charge on any atom is -0.351 e. The Hall–Kier alpha value is -2.15. The van der Waals surface area contributed by atoms with Gasteiger partial charge in [0.1, 0.15) is 0 Å². The maximum absolute atomic E-state index is 12.8. The van der Waals surface area contributed by atoms with Crippen LogP contribution in [0.25, 0.3) is 0 Å². The molecule has 2 heterocycles. The fourth-order valence-electron chi connectivity index (χ4n) is 3.56. The van der Waals surface area contributed by atoms with Gasteiger partial charge in [0, 0.05) is 42.6 Å². The lowest BCUT2D eigenvalue weighted by Crippen LogP contribution is -2.51. The third-order valence-electron chi connectivity index (χ3n) is 5.10. The molecule has 0 radical (unpaired) electrons. The molecule has 4 rings (SSSR count). The molecule has 2 unspecified atom stereocenters. The highest BCUT2D eigenvalue weighted by Crippen LogP contribution is 2.48. The van der Waals surface area contributed by atoms with E-state index < -0.39 is 0 Å². The van der Waals surface area contributed by atoms with Crippen LogP contribution >= 0.6 is 15.9 Å².